The van der Waals surface area contributed by atoms with Gasteiger partial charge in [0.15, 0.2) is 0 Å². The molecule has 1 heterocycles. The van der Waals surface area contributed by atoms with Gasteiger partial charge in [-0.05, 0) is 19.5 Å². The highest BCUT2D eigenvalue weighted by Gasteiger charge is 2.16. The summed E-state index contributed by atoms with van der Waals surface area (Å²) in [5.41, 5.74) is 0. The number of nitrogens with one attached hydrogen (secondary N) is 1. The van der Waals surface area contributed by atoms with Gasteiger partial charge in [0.25, 0.3) is 0 Å². The lowest BCUT2D eigenvalue weighted by molar-refractivity contribution is 0.112. The minimum Gasteiger partial charge on any atom is -0.390 e. The van der Waals surface area contributed by atoms with Crippen molar-refractivity contribution in [3.05, 3.63) is 0 Å². The number of rotatable bonds is 7. The summed E-state index contributed by atoms with van der Waals surface area (Å²) >= 11 is 0. The molecule has 1 aliphatic rings. The maximum Gasteiger partial charge on any atom is 0.0791 e. The van der Waals surface area contributed by atoms with Gasteiger partial charge in [0.2, 0.25) is 0 Å². The zero-order chi connectivity index (χ0) is 11.1. The third kappa shape index (κ3) is 4.93. The Kier molecular flexibility index (Phi) is 6.17. The average Bonchev–Trinajstić information content (AvgIpc) is 2.75. The van der Waals surface area contributed by atoms with Gasteiger partial charge in [0, 0.05) is 25.7 Å². The van der Waals surface area contributed by atoms with Crippen molar-refractivity contribution < 1.29 is 9.84 Å². The Morgan fingerprint density at radius 2 is 2.20 bits per heavy atom. The van der Waals surface area contributed by atoms with E-state index in [4.69, 9.17) is 4.74 Å². The van der Waals surface area contributed by atoms with Crippen LogP contribution in [0.1, 0.15) is 20.3 Å². The van der Waals surface area contributed by atoms with Crippen LogP contribution in [0.3, 0.4) is 0 Å². The fourth-order valence-electron chi connectivity index (χ4n) is 1.84. The summed E-state index contributed by atoms with van der Waals surface area (Å²) in [6.45, 7) is 9.31. The Balaban J connectivity index is 2.08. The predicted octanol–water partition coefficient (Wildman–Crippen LogP) is 0.0676. The molecule has 2 atom stereocenters. The van der Waals surface area contributed by atoms with Gasteiger partial charge in [0.1, 0.15) is 0 Å². The van der Waals surface area contributed by atoms with Crippen molar-refractivity contribution in [2.24, 2.45) is 0 Å². The summed E-state index contributed by atoms with van der Waals surface area (Å²) in [4.78, 5) is 2.23. The Morgan fingerprint density at radius 1 is 1.47 bits per heavy atom. The zero-order valence-corrected chi connectivity index (χ0v) is 9.91. The highest BCUT2D eigenvalue weighted by Crippen LogP contribution is 2.03. The summed E-state index contributed by atoms with van der Waals surface area (Å²) in [7, 11) is 0. The molecule has 0 aromatic carbocycles. The third-order valence-electron chi connectivity index (χ3n) is 2.94. The summed E-state index contributed by atoms with van der Waals surface area (Å²) in [5.74, 6) is 0. The molecular weight excluding hydrogens is 192 g/mol. The molecule has 15 heavy (non-hydrogen) atoms. The van der Waals surface area contributed by atoms with Gasteiger partial charge < -0.3 is 20.1 Å². The molecule has 0 spiro atoms. The van der Waals surface area contributed by atoms with Gasteiger partial charge in [-0.3, -0.25) is 0 Å². The van der Waals surface area contributed by atoms with Crippen LogP contribution in [0, 0.1) is 0 Å². The maximum atomic E-state index is 9.80. The van der Waals surface area contributed by atoms with E-state index in [2.05, 4.69) is 24.1 Å². The highest BCUT2D eigenvalue weighted by molar-refractivity contribution is 4.74. The van der Waals surface area contributed by atoms with E-state index in [1.807, 2.05) is 0 Å². The molecule has 1 saturated heterocycles. The van der Waals surface area contributed by atoms with Gasteiger partial charge in [-0.1, -0.05) is 13.8 Å². The van der Waals surface area contributed by atoms with Gasteiger partial charge in [0.05, 0.1) is 12.7 Å². The molecule has 1 rings (SSSR count). The number of hydrogen-bond donors (Lipinski definition) is 2. The van der Waals surface area contributed by atoms with Crippen molar-refractivity contribution >= 4 is 0 Å². The minimum atomic E-state index is -0.273. The first-order valence-corrected chi connectivity index (χ1v) is 5.97. The van der Waals surface area contributed by atoms with Crippen LogP contribution >= 0.6 is 0 Å². The molecule has 2 unspecified atom stereocenters. The average molecular weight is 216 g/mol. The van der Waals surface area contributed by atoms with Crippen LogP contribution < -0.4 is 5.32 Å². The van der Waals surface area contributed by atoms with Crippen LogP contribution in [-0.4, -0.2) is 61.5 Å². The number of nitrogens with zero attached hydrogens (tertiary/aromatic N) is 1. The predicted molar refractivity (Wildman–Crippen MR) is 61.0 cm³/mol. The second-order valence-electron chi connectivity index (χ2n) is 4.11. The van der Waals surface area contributed by atoms with Crippen molar-refractivity contribution in [3.8, 4) is 0 Å². The Labute approximate surface area is 92.6 Å². The topological polar surface area (TPSA) is 44.7 Å². The maximum absolute atomic E-state index is 9.80. The molecule has 0 aromatic heterocycles. The van der Waals surface area contributed by atoms with E-state index in [1.165, 1.54) is 0 Å². The summed E-state index contributed by atoms with van der Waals surface area (Å²) in [6.07, 6.45) is 0.795. The fraction of sp³-hybridized carbons (Fsp3) is 1.00. The highest BCUT2D eigenvalue weighted by atomic mass is 16.5. The lowest BCUT2D eigenvalue weighted by Crippen LogP contribution is -2.41. The Hall–Kier alpha value is -0.160. The van der Waals surface area contributed by atoms with Crippen LogP contribution in [0.25, 0.3) is 0 Å². The number of aliphatic hydroxyl groups excluding tert-OH is 1. The lowest BCUT2D eigenvalue weighted by atomic mass is 10.2. The van der Waals surface area contributed by atoms with Crippen molar-refractivity contribution in [3.63, 3.8) is 0 Å². The van der Waals surface area contributed by atoms with E-state index in [0.29, 0.717) is 12.6 Å². The van der Waals surface area contributed by atoms with Crippen LogP contribution in [0.15, 0.2) is 0 Å². The van der Waals surface area contributed by atoms with Crippen LogP contribution in [0.5, 0.6) is 0 Å². The van der Waals surface area contributed by atoms with Gasteiger partial charge >= 0.3 is 0 Å². The molecule has 0 aromatic rings. The van der Waals surface area contributed by atoms with E-state index in [1.54, 1.807) is 0 Å². The molecule has 90 valence electrons. The SMILES string of the molecule is CCN(CC)CC(O)CNC1CCOC1. The first-order valence-electron chi connectivity index (χ1n) is 5.97. The number of aliphatic hydroxyl groups is 1. The normalized spacial score (nSPS) is 23.6. The number of likely N-dealkylation sites (N-methyl/N-ethyl adjacent to an activating group) is 1. The smallest absolute Gasteiger partial charge is 0.0791 e. The molecule has 0 aliphatic carbocycles. The molecule has 0 bridgehead atoms. The minimum absolute atomic E-state index is 0.273. The number of ether oxygens (including phenoxy) is 1. The van der Waals surface area contributed by atoms with E-state index in [9.17, 15) is 5.11 Å². The standard InChI is InChI=1S/C11H24N2O2/c1-3-13(4-2)8-11(14)7-12-10-5-6-15-9-10/h10-12,14H,3-9H2,1-2H3. The first-order chi connectivity index (χ1) is 7.26. The fourth-order valence-corrected chi connectivity index (χ4v) is 1.84. The molecule has 0 saturated carbocycles. The molecule has 4 heteroatoms. The second kappa shape index (κ2) is 7.17. The molecule has 0 radical (unpaired) electrons. The summed E-state index contributed by atoms with van der Waals surface area (Å²) in [6, 6.07) is 0.441. The lowest BCUT2D eigenvalue weighted by Gasteiger charge is -2.23. The van der Waals surface area contributed by atoms with Crippen LogP contribution in [0.4, 0.5) is 0 Å². The van der Waals surface area contributed by atoms with Crippen LogP contribution in [0.2, 0.25) is 0 Å². The molecule has 1 fully saturated rings. The first kappa shape index (κ1) is 12.9. The second-order valence-corrected chi connectivity index (χ2v) is 4.11. The molecular formula is C11H24N2O2. The monoisotopic (exact) mass is 216 g/mol. The molecule has 4 nitrogen and oxygen atoms in total. The van der Waals surface area contributed by atoms with E-state index in [-0.39, 0.29) is 6.10 Å². The molecule has 2 N–H and O–H groups in total. The van der Waals surface area contributed by atoms with E-state index >= 15 is 0 Å². The van der Waals surface area contributed by atoms with Gasteiger partial charge in [-0.15, -0.1) is 0 Å². The molecule has 0 amide bonds. The van der Waals surface area contributed by atoms with Crippen molar-refractivity contribution in [1.82, 2.24) is 10.2 Å². The Bertz CT molecular complexity index is 157. The van der Waals surface area contributed by atoms with E-state index < -0.39 is 0 Å². The van der Waals surface area contributed by atoms with Crippen LogP contribution in [-0.2, 0) is 4.74 Å². The third-order valence-corrected chi connectivity index (χ3v) is 2.94. The summed E-state index contributed by atoms with van der Waals surface area (Å²) < 4.78 is 5.26. The van der Waals surface area contributed by atoms with E-state index in [0.717, 1.165) is 39.3 Å². The van der Waals surface area contributed by atoms with Crippen molar-refractivity contribution in [1.29, 1.82) is 0 Å². The Morgan fingerprint density at radius 3 is 2.73 bits per heavy atom. The quantitative estimate of drug-likeness (QED) is 0.632. The zero-order valence-electron chi connectivity index (χ0n) is 9.91. The van der Waals surface area contributed by atoms with Gasteiger partial charge in [-0.25, -0.2) is 0 Å². The number of hydrogen-bond acceptors (Lipinski definition) is 4. The summed E-state index contributed by atoms with van der Waals surface area (Å²) in [5, 5.41) is 13.1. The van der Waals surface area contributed by atoms with Crippen molar-refractivity contribution in [2.75, 3.05) is 39.4 Å². The van der Waals surface area contributed by atoms with Gasteiger partial charge in [-0.2, -0.15) is 0 Å². The van der Waals surface area contributed by atoms with Crippen molar-refractivity contribution in [2.45, 2.75) is 32.4 Å². The molecule has 1 aliphatic heterocycles. The largest absolute Gasteiger partial charge is 0.390 e.